The Hall–Kier alpha value is -2.04. The molecule has 2 amide bonds. The molecule has 22 heavy (non-hydrogen) atoms. The first kappa shape index (κ1) is 14.9. The molecule has 5 heteroatoms. The number of amides is 2. The summed E-state index contributed by atoms with van der Waals surface area (Å²) in [7, 11) is 1.61. The summed E-state index contributed by atoms with van der Waals surface area (Å²) in [6, 6.07) is 7.58. The molecule has 1 aromatic carbocycles. The summed E-state index contributed by atoms with van der Waals surface area (Å²) < 4.78 is 5.10. The van der Waals surface area contributed by atoms with Crippen LogP contribution in [0.4, 0.5) is 5.69 Å². The minimum Gasteiger partial charge on any atom is -0.497 e. The van der Waals surface area contributed by atoms with Gasteiger partial charge in [-0.15, -0.1) is 0 Å². The highest BCUT2D eigenvalue weighted by Gasteiger charge is 2.38. The molecular formula is C17H22N2O3. The van der Waals surface area contributed by atoms with Gasteiger partial charge in [-0.25, -0.2) is 0 Å². The lowest BCUT2D eigenvalue weighted by Gasteiger charge is -2.23. The quantitative estimate of drug-likeness (QED) is 0.929. The summed E-state index contributed by atoms with van der Waals surface area (Å²) in [6.45, 7) is 0.561. The fourth-order valence-corrected chi connectivity index (χ4v) is 3.39. The Morgan fingerprint density at radius 3 is 2.55 bits per heavy atom. The van der Waals surface area contributed by atoms with Gasteiger partial charge in [-0.3, -0.25) is 9.59 Å². The molecule has 1 N–H and O–H groups in total. The Bertz CT molecular complexity index is 550. The first-order chi connectivity index (χ1) is 10.7. The Kier molecular flexibility index (Phi) is 4.32. The first-order valence-electron chi connectivity index (χ1n) is 7.92. The van der Waals surface area contributed by atoms with Gasteiger partial charge in [-0.2, -0.15) is 0 Å². The second-order valence-electron chi connectivity index (χ2n) is 6.10. The average molecular weight is 302 g/mol. The zero-order chi connectivity index (χ0) is 15.5. The monoisotopic (exact) mass is 302 g/mol. The smallest absolute Gasteiger partial charge is 0.229 e. The average Bonchev–Trinajstić information content (AvgIpc) is 3.17. The highest BCUT2D eigenvalue weighted by Crippen LogP contribution is 2.30. The largest absolute Gasteiger partial charge is 0.497 e. The minimum absolute atomic E-state index is 0.0704. The van der Waals surface area contributed by atoms with E-state index in [-0.39, 0.29) is 17.7 Å². The summed E-state index contributed by atoms with van der Waals surface area (Å²) >= 11 is 0. The van der Waals surface area contributed by atoms with Crippen LogP contribution in [-0.2, 0) is 9.59 Å². The Labute approximate surface area is 130 Å². The van der Waals surface area contributed by atoms with Crippen molar-refractivity contribution < 1.29 is 14.3 Å². The molecule has 1 saturated carbocycles. The van der Waals surface area contributed by atoms with E-state index in [4.69, 9.17) is 4.74 Å². The molecule has 0 radical (unpaired) electrons. The van der Waals surface area contributed by atoms with Crippen LogP contribution in [-0.4, -0.2) is 36.4 Å². The van der Waals surface area contributed by atoms with Crippen molar-refractivity contribution in [3.63, 3.8) is 0 Å². The molecule has 1 atom stereocenters. The van der Waals surface area contributed by atoms with Crippen LogP contribution in [0.2, 0.25) is 0 Å². The van der Waals surface area contributed by atoms with Gasteiger partial charge in [0.2, 0.25) is 11.8 Å². The van der Waals surface area contributed by atoms with E-state index in [2.05, 4.69) is 5.32 Å². The van der Waals surface area contributed by atoms with Crippen molar-refractivity contribution in [2.45, 2.75) is 38.1 Å². The van der Waals surface area contributed by atoms with E-state index in [9.17, 15) is 9.59 Å². The third kappa shape index (κ3) is 3.08. The molecule has 0 spiro atoms. The number of nitrogens with one attached hydrogen (secondary N) is 1. The molecule has 3 rings (SSSR count). The number of hydrogen-bond donors (Lipinski definition) is 1. The highest BCUT2D eigenvalue weighted by molar-refractivity contribution is 5.97. The predicted molar refractivity (Wildman–Crippen MR) is 83.7 cm³/mol. The molecule has 2 fully saturated rings. The van der Waals surface area contributed by atoms with Crippen molar-refractivity contribution in [2.24, 2.45) is 5.92 Å². The van der Waals surface area contributed by atoms with Crippen molar-refractivity contribution in [3.05, 3.63) is 24.3 Å². The van der Waals surface area contributed by atoms with E-state index >= 15 is 0 Å². The van der Waals surface area contributed by atoms with Crippen molar-refractivity contribution in [2.75, 3.05) is 19.0 Å². The minimum atomic E-state index is -0.241. The van der Waals surface area contributed by atoms with Crippen LogP contribution in [0.3, 0.4) is 0 Å². The maximum Gasteiger partial charge on any atom is 0.229 e. The van der Waals surface area contributed by atoms with E-state index in [0.717, 1.165) is 24.3 Å². The van der Waals surface area contributed by atoms with Crippen LogP contribution in [0.25, 0.3) is 0 Å². The lowest BCUT2D eigenvalue weighted by atomic mass is 10.1. The summed E-state index contributed by atoms with van der Waals surface area (Å²) in [4.78, 5) is 26.4. The van der Waals surface area contributed by atoms with Gasteiger partial charge < -0.3 is 15.0 Å². The Morgan fingerprint density at radius 2 is 1.91 bits per heavy atom. The molecule has 1 saturated heterocycles. The van der Waals surface area contributed by atoms with E-state index in [0.29, 0.717) is 19.0 Å². The molecule has 1 aliphatic heterocycles. The highest BCUT2D eigenvalue weighted by atomic mass is 16.5. The van der Waals surface area contributed by atoms with Gasteiger partial charge in [-0.05, 0) is 37.1 Å². The second-order valence-corrected chi connectivity index (χ2v) is 6.10. The molecule has 5 nitrogen and oxygen atoms in total. The van der Waals surface area contributed by atoms with Gasteiger partial charge in [0.15, 0.2) is 0 Å². The molecule has 1 aromatic rings. The number of likely N-dealkylation sites (tertiary alicyclic amines) is 1. The number of rotatable bonds is 4. The van der Waals surface area contributed by atoms with Gasteiger partial charge in [0.25, 0.3) is 0 Å². The van der Waals surface area contributed by atoms with Crippen LogP contribution in [0.5, 0.6) is 5.75 Å². The van der Waals surface area contributed by atoms with Gasteiger partial charge in [0, 0.05) is 24.7 Å². The standard InChI is InChI=1S/C17H22N2O3/c1-22-15-8-6-13(7-9-15)18-17(21)12-10-16(20)19(11-12)14-4-2-3-5-14/h6-9,12,14H,2-5,10-11H2,1H3,(H,18,21)/t12-/m1/s1. The van der Waals surface area contributed by atoms with Crippen LogP contribution in [0, 0.1) is 5.92 Å². The third-order valence-corrected chi connectivity index (χ3v) is 4.65. The van der Waals surface area contributed by atoms with Gasteiger partial charge in [-0.1, -0.05) is 12.8 Å². The first-order valence-corrected chi connectivity index (χ1v) is 7.92. The number of methoxy groups -OCH3 is 1. The van der Waals surface area contributed by atoms with Crippen molar-refractivity contribution >= 4 is 17.5 Å². The lowest BCUT2D eigenvalue weighted by molar-refractivity contribution is -0.129. The summed E-state index contributed by atoms with van der Waals surface area (Å²) in [5, 5.41) is 2.89. The van der Waals surface area contributed by atoms with Crippen molar-refractivity contribution in [1.82, 2.24) is 4.90 Å². The Morgan fingerprint density at radius 1 is 1.23 bits per heavy atom. The van der Waals surface area contributed by atoms with E-state index in [1.807, 2.05) is 17.0 Å². The maximum absolute atomic E-state index is 12.4. The molecule has 0 aromatic heterocycles. The number of carbonyl (C=O) groups excluding carboxylic acids is 2. The van der Waals surface area contributed by atoms with Crippen molar-refractivity contribution in [1.29, 1.82) is 0 Å². The molecule has 0 unspecified atom stereocenters. The summed E-state index contributed by atoms with van der Waals surface area (Å²) in [5.74, 6) is 0.567. The van der Waals surface area contributed by atoms with E-state index in [1.165, 1.54) is 12.8 Å². The van der Waals surface area contributed by atoms with Crippen molar-refractivity contribution in [3.8, 4) is 5.75 Å². The third-order valence-electron chi connectivity index (χ3n) is 4.65. The van der Waals surface area contributed by atoms with Crippen LogP contribution in [0.1, 0.15) is 32.1 Å². The van der Waals surface area contributed by atoms with Gasteiger partial charge in [0.05, 0.1) is 13.0 Å². The zero-order valence-corrected chi connectivity index (χ0v) is 12.9. The molecule has 2 aliphatic rings. The molecule has 1 heterocycles. The van der Waals surface area contributed by atoms with E-state index in [1.54, 1.807) is 19.2 Å². The fraction of sp³-hybridized carbons (Fsp3) is 0.529. The second kappa shape index (κ2) is 6.38. The topological polar surface area (TPSA) is 58.6 Å². The normalized spacial score (nSPS) is 22.1. The number of hydrogen-bond acceptors (Lipinski definition) is 3. The predicted octanol–water partition coefficient (Wildman–Crippen LogP) is 2.42. The van der Waals surface area contributed by atoms with Crippen LogP contribution < -0.4 is 10.1 Å². The maximum atomic E-state index is 12.4. The molecule has 118 valence electrons. The van der Waals surface area contributed by atoms with Crippen LogP contribution >= 0.6 is 0 Å². The number of benzene rings is 1. The number of nitrogens with zero attached hydrogens (tertiary/aromatic N) is 1. The number of anilines is 1. The molecule has 1 aliphatic carbocycles. The zero-order valence-electron chi connectivity index (χ0n) is 12.9. The molecular weight excluding hydrogens is 280 g/mol. The Balaban J connectivity index is 1.59. The fourth-order valence-electron chi connectivity index (χ4n) is 3.39. The van der Waals surface area contributed by atoms with Crippen LogP contribution in [0.15, 0.2) is 24.3 Å². The van der Waals surface area contributed by atoms with E-state index < -0.39 is 0 Å². The van der Waals surface area contributed by atoms with Gasteiger partial charge >= 0.3 is 0 Å². The van der Waals surface area contributed by atoms with Gasteiger partial charge in [0.1, 0.15) is 5.75 Å². The summed E-state index contributed by atoms with van der Waals surface area (Å²) in [6.07, 6.45) is 4.88. The number of ether oxygens (including phenoxy) is 1. The summed E-state index contributed by atoms with van der Waals surface area (Å²) in [5.41, 5.74) is 0.734. The SMILES string of the molecule is COc1ccc(NC(=O)[C@@H]2CC(=O)N(C3CCCC3)C2)cc1. The molecule has 0 bridgehead atoms. The number of carbonyl (C=O) groups is 2. The lowest BCUT2D eigenvalue weighted by Crippen LogP contribution is -2.35.